The minimum absolute atomic E-state index is 0.141. The summed E-state index contributed by atoms with van der Waals surface area (Å²) in [5.74, 6) is 0.141. The van der Waals surface area contributed by atoms with E-state index in [9.17, 15) is 4.79 Å². The smallest absolute Gasteiger partial charge is 0.258 e. The Morgan fingerprint density at radius 1 is 1.21 bits per heavy atom. The van der Waals surface area contributed by atoms with Crippen LogP contribution in [0.3, 0.4) is 0 Å². The molecule has 2 bridgehead atoms. The number of fused-ring (bicyclic) bond motifs is 2. The van der Waals surface area contributed by atoms with E-state index < -0.39 is 0 Å². The van der Waals surface area contributed by atoms with Gasteiger partial charge in [0.1, 0.15) is 0 Å². The molecule has 24 heavy (non-hydrogen) atoms. The lowest BCUT2D eigenvalue weighted by Crippen LogP contribution is -2.47. The summed E-state index contributed by atoms with van der Waals surface area (Å²) < 4.78 is 3.76. The zero-order valence-corrected chi connectivity index (χ0v) is 15.0. The minimum Gasteiger partial charge on any atom is -0.332 e. The van der Waals surface area contributed by atoms with Crippen LogP contribution < -0.4 is 0 Å². The van der Waals surface area contributed by atoms with Gasteiger partial charge in [0.05, 0.1) is 28.5 Å². The molecule has 2 aliphatic rings. The van der Waals surface area contributed by atoms with Gasteiger partial charge in [0, 0.05) is 31.0 Å². The molecule has 6 nitrogen and oxygen atoms in total. The molecule has 0 aromatic carbocycles. The molecule has 1 amide bonds. The molecular formula is C17H22ClN5O. The van der Waals surface area contributed by atoms with Crippen LogP contribution in [0.15, 0.2) is 12.4 Å². The van der Waals surface area contributed by atoms with Gasteiger partial charge in [-0.25, -0.2) is 0 Å². The first kappa shape index (κ1) is 15.7. The third-order valence-electron chi connectivity index (χ3n) is 5.61. The Kier molecular flexibility index (Phi) is 3.67. The fourth-order valence-corrected chi connectivity index (χ4v) is 4.57. The third-order valence-corrected chi connectivity index (χ3v) is 5.80. The molecule has 0 spiro atoms. The topological polar surface area (TPSA) is 56.0 Å². The van der Waals surface area contributed by atoms with Crippen molar-refractivity contribution in [2.75, 3.05) is 0 Å². The van der Waals surface area contributed by atoms with Gasteiger partial charge in [-0.3, -0.25) is 14.2 Å². The molecule has 2 atom stereocenters. The minimum atomic E-state index is 0.141. The first-order valence-corrected chi connectivity index (χ1v) is 8.86. The van der Waals surface area contributed by atoms with Crippen LogP contribution in [0.4, 0.5) is 0 Å². The Labute approximate surface area is 146 Å². The summed E-state index contributed by atoms with van der Waals surface area (Å²) >= 11 is 6.01. The number of hydrogen-bond acceptors (Lipinski definition) is 3. The molecule has 0 aliphatic carbocycles. The Hall–Kier alpha value is -1.82. The summed E-state index contributed by atoms with van der Waals surface area (Å²) in [6.45, 7) is 3.88. The first-order valence-electron chi connectivity index (χ1n) is 8.48. The average molecular weight is 348 g/mol. The average Bonchev–Trinajstić information content (AvgIpc) is 3.15. The van der Waals surface area contributed by atoms with Gasteiger partial charge in [-0.05, 0) is 39.5 Å². The van der Waals surface area contributed by atoms with Crippen molar-refractivity contribution in [1.29, 1.82) is 0 Å². The number of aryl methyl sites for hydroxylation is 2. The number of amides is 1. The highest BCUT2D eigenvalue weighted by Crippen LogP contribution is 2.42. The van der Waals surface area contributed by atoms with Gasteiger partial charge in [-0.1, -0.05) is 11.6 Å². The van der Waals surface area contributed by atoms with Crippen molar-refractivity contribution in [2.45, 2.75) is 57.7 Å². The van der Waals surface area contributed by atoms with E-state index in [2.05, 4.69) is 15.1 Å². The second-order valence-corrected chi connectivity index (χ2v) is 7.47. The van der Waals surface area contributed by atoms with Crippen LogP contribution in [0.1, 0.15) is 53.5 Å². The molecule has 0 saturated carbocycles. The Morgan fingerprint density at radius 3 is 2.38 bits per heavy atom. The van der Waals surface area contributed by atoms with Crippen molar-refractivity contribution in [2.24, 2.45) is 7.05 Å². The van der Waals surface area contributed by atoms with E-state index in [1.807, 2.05) is 31.8 Å². The Balaban J connectivity index is 1.59. The SMILES string of the molecule is Cc1nn(C)c(C)c1C(=O)N1C2CCC1CC(n1cc(Cl)cn1)C2. The van der Waals surface area contributed by atoms with Gasteiger partial charge in [0.15, 0.2) is 0 Å². The molecule has 4 rings (SSSR count). The van der Waals surface area contributed by atoms with Crippen LogP contribution >= 0.6 is 11.6 Å². The molecule has 2 aliphatic heterocycles. The van der Waals surface area contributed by atoms with Crippen molar-refractivity contribution in [1.82, 2.24) is 24.5 Å². The number of hydrogen-bond donors (Lipinski definition) is 0. The van der Waals surface area contributed by atoms with Crippen LogP contribution in [-0.2, 0) is 7.05 Å². The van der Waals surface area contributed by atoms with Crippen molar-refractivity contribution >= 4 is 17.5 Å². The molecular weight excluding hydrogens is 326 g/mol. The van der Waals surface area contributed by atoms with E-state index in [-0.39, 0.29) is 18.0 Å². The van der Waals surface area contributed by atoms with Crippen molar-refractivity contribution < 1.29 is 4.79 Å². The zero-order chi connectivity index (χ0) is 17.0. The first-order chi connectivity index (χ1) is 11.5. The number of rotatable bonds is 2. The van der Waals surface area contributed by atoms with Crippen LogP contribution in [0.25, 0.3) is 0 Å². The van der Waals surface area contributed by atoms with E-state index in [1.54, 1.807) is 10.9 Å². The quantitative estimate of drug-likeness (QED) is 0.839. The summed E-state index contributed by atoms with van der Waals surface area (Å²) in [6, 6.07) is 0.890. The second kappa shape index (κ2) is 5.62. The van der Waals surface area contributed by atoms with E-state index in [1.165, 1.54) is 0 Å². The highest BCUT2D eigenvalue weighted by Gasteiger charge is 2.45. The van der Waals surface area contributed by atoms with E-state index >= 15 is 0 Å². The molecule has 128 valence electrons. The van der Waals surface area contributed by atoms with Gasteiger partial charge in [0.2, 0.25) is 0 Å². The maximum absolute atomic E-state index is 13.2. The standard InChI is InChI=1S/C17H22ClN5O/c1-10-16(11(2)21(3)20-10)17(24)23-13-4-5-14(23)7-15(6-13)22-9-12(18)8-19-22/h8-9,13-15H,4-7H2,1-3H3. The summed E-state index contributed by atoms with van der Waals surface area (Å²) in [4.78, 5) is 15.3. The molecule has 2 fully saturated rings. The predicted octanol–water partition coefficient (Wildman–Crippen LogP) is 2.90. The molecule has 2 unspecified atom stereocenters. The summed E-state index contributed by atoms with van der Waals surface area (Å²) in [6.07, 6.45) is 7.60. The van der Waals surface area contributed by atoms with Crippen LogP contribution in [-0.4, -0.2) is 42.5 Å². The predicted molar refractivity (Wildman–Crippen MR) is 91.2 cm³/mol. The number of carbonyl (C=O) groups is 1. The van der Waals surface area contributed by atoms with E-state index in [4.69, 9.17) is 11.6 Å². The number of piperidine rings is 1. The molecule has 2 aromatic heterocycles. The van der Waals surface area contributed by atoms with Crippen LogP contribution in [0.5, 0.6) is 0 Å². The fraction of sp³-hybridized carbons (Fsp3) is 0.588. The van der Waals surface area contributed by atoms with Crippen molar-refractivity contribution in [3.8, 4) is 0 Å². The molecule has 2 aromatic rings. The summed E-state index contributed by atoms with van der Waals surface area (Å²) in [5, 5.41) is 9.44. The highest BCUT2D eigenvalue weighted by atomic mass is 35.5. The number of nitrogens with zero attached hydrogens (tertiary/aromatic N) is 5. The summed E-state index contributed by atoms with van der Waals surface area (Å²) in [5.41, 5.74) is 2.54. The van der Waals surface area contributed by atoms with Gasteiger partial charge >= 0.3 is 0 Å². The van der Waals surface area contributed by atoms with Crippen molar-refractivity contribution in [3.05, 3.63) is 34.4 Å². The van der Waals surface area contributed by atoms with E-state index in [0.29, 0.717) is 11.1 Å². The Morgan fingerprint density at radius 2 is 1.88 bits per heavy atom. The molecule has 4 heterocycles. The van der Waals surface area contributed by atoms with Gasteiger partial charge in [0.25, 0.3) is 5.91 Å². The molecule has 0 radical (unpaired) electrons. The van der Waals surface area contributed by atoms with Gasteiger partial charge < -0.3 is 4.90 Å². The zero-order valence-electron chi connectivity index (χ0n) is 14.2. The second-order valence-electron chi connectivity index (χ2n) is 7.03. The molecule has 0 N–H and O–H groups in total. The van der Waals surface area contributed by atoms with Crippen LogP contribution in [0.2, 0.25) is 5.02 Å². The lowest BCUT2D eigenvalue weighted by atomic mass is 9.96. The van der Waals surface area contributed by atoms with Crippen molar-refractivity contribution in [3.63, 3.8) is 0 Å². The summed E-state index contributed by atoms with van der Waals surface area (Å²) in [7, 11) is 1.89. The lowest BCUT2D eigenvalue weighted by Gasteiger charge is -2.39. The molecule has 2 saturated heterocycles. The number of aromatic nitrogens is 4. The normalized spacial score (nSPS) is 26.2. The Bertz CT molecular complexity index is 781. The lowest BCUT2D eigenvalue weighted by molar-refractivity contribution is 0.0522. The highest BCUT2D eigenvalue weighted by molar-refractivity contribution is 6.30. The number of carbonyl (C=O) groups excluding carboxylic acids is 1. The van der Waals surface area contributed by atoms with Gasteiger partial charge in [-0.15, -0.1) is 0 Å². The van der Waals surface area contributed by atoms with E-state index in [0.717, 1.165) is 42.6 Å². The molecule has 7 heteroatoms. The fourth-order valence-electron chi connectivity index (χ4n) is 4.42. The monoisotopic (exact) mass is 347 g/mol. The maximum atomic E-state index is 13.2. The number of halogens is 1. The largest absolute Gasteiger partial charge is 0.332 e. The van der Waals surface area contributed by atoms with Gasteiger partial charge in [-0.2, -0.15) is 10.2 Å². The third kappa shape index (κ3) is 2.35. The van der Waals surface area contributed by atoms with Crippen LogP contribution in [0, 0.1) is 13.8 Å². The maximum Gasteiger partial charge on any atom is 0.258 e.